The summed E-state index contributed by atoms with van der Waals surface area (Å²) in [6, 6.07) is 8.78. The van der Waals surface area contributed by atoms with Crippen molar-refractivity contribution in [2.45, 2.75) is 32.5 Å². The predicted molar refractivity (Wildman–Crippen MR) is 128 cm³/mol. The number of carbonyl (C=O) groups excluding carboxylic acids is 1. The molecule has 1 fully saturated rings. The van der Waals surface area contributed by atoms with Crippen LogP contribution in [-0.4, -0.2) is 52.7 Å². The van der Waals surface area contributed by atoms with Crippen LogP contribution in [0.3, 0.4) is 0 Å². The van der Waals surface area contributed by atoms with Crippen molar-refractivity contribution < 1.29 is 13.9 Å². The van der Waals surface area contributed by atoms with Crippen molar-refractivity contribution in [3.8, 4) is 0 Å². The SMILES string of the molecule is CCn1c(=O)c(=O)[nH]c2cc(C(=O)NCC(c3c(F)cccc3Cl)N3CCOC(C)C3)ccc21. The summed E-state index contributed by atoms with van der Waals surface area (Å²) >= 11 is 6.36. The second kappa shape index (κ2) is 10.1. The van der Waals surface area contributed by atoms with Crippen molar-refractivity contribution >= 4 is 28.5 Å². The summed E-state index contributed by atoms with van der Waals surface area (Å²) in [6.07, 6.45) is -0.0361. The summed E-state index contributed by atoms with van der Waals surface area (Å²) in [7, 11) is 0. The Labute approximate surface area is 200 Å². The second-order valence-corrected chi connectivity index (χ2v) is 8.68. The van der Waals surface area contributed by atoms with Crippen LogP contribution >= 0.6 is 11.6 Å². The number of amides is 1. The molecule has 8 nitrogen and oxygen atoms in total. The number of carbonyl (C=O) groups is 1. The molecule has 2 atom stereocenters. The average molecular weight is 489 g/mol. The zero-order valence-electron chi connectivity index (χ0n) is 18.9. The minimum absolute atomic E-state index is 0.0361. The minimum Gasteiger partial charge on any atom is -0.376 e. The number of hydrogen-bond donors (Lipinski definition) is 2. The van der Waals surface area contributed by atoms with Gasteiger partial charge in [-0.1, -0.05) is 17.7 Å². The highest BCUT2D eigenvalue weighted by atomic mass is 35.5. The van der Waals surface area contributed by atoms with E-state index in [1.54, 1.807) is 31.2 Å². The number of benzene rings is 2. The number of aryl methyl sites for hydroxylation is 1. The van der Waals surface area contributed by atoms with Crippen molar-refractivity contribution in [2.75, 3.05) is 26.2 Å². The van der Waals surface area contributed by atoms with Gasteiger partial charge in [-0.15, -0.1) is 0 Å². The molecular weight excluding hydrogens is 463 g/mol. The maximum absolute atomic E-state index is 14.8. The van der Waals surface area contributed by atoms with Gasteiger partial charge in [0.25, 0.3) is 5.91 Å². The van der Waals surface area contributed by atoms with Gasteiger partial charge in [-0.3, -0.25) is 19.3 Å². The number of rotatable bonds is 6. The largest absolute Gasteiger partial charge is 0.376 e. The Kier molecular flexibility index (Phi) is 7.16. The molecule has 2 aromatic carbocycles. The first-order chi connectivity index (χ1) is 16.3. The number of aromatic amines is 1. The van der Waals surface area contributed by atoms with E-state index >= 15 is 0 Å². The van der Waals surface area contributed by atoms with Gasteiger partial charge in [0.1, 0.15) is 5.82 Å². The third kappa shape index (κ3) is 4.77. The predicted octanol–water partition coefficient (Wildman–Crippen LogP) is 2.69. The molecule has 0 saturated carbocycles. The van der Waals surface area contributed by atoms with Gasteiger partial charge in [0, 0.05) is 42.3 Å². The van der Waals surface area contributed by atoms with Gasteiger partial charge < -0.3 is 19.6 Å². The van der Waals surface area contributed by atoms with E-state index in [1.165, 1.54) is 16.7 Å². The van der Waals surface area contributed by atoms with E-state index in [0.29, 0.717) is 53.4 Å². The Morgan fingerprint density at radius 1 is 1.32 bits per heavy atom. The molecule has 0 radical (unpaired) electrons. The van der Waals surface area contributed by atoms with E-state index in [0.717, 1.165) is 0 Å². The van der Waals surface area contributed by atoms with E-state index in [2.05, 4.69) is 15.2 Å². The lowest BCUT2D eigenvalue weighted by atomic mass is 10.0. The highest BCUT2D eigenvalue weighted by Gasteiger charge is 2.29. The van der Waals surface area contributed by atoms with Crippen molar-refractivity contribution in [1.29, 1.82) is 0 Å². The molecule has 34 heavy (non-hydrogen) atoms. The fraction of sp³-hybridized carbons (Fsp3) is 0.375. The van der Waals surface area contributed by atoms with Crippen molar-refractivity contribution in [2.24, 2.45) is 0 Å². The summed E-state index contributed by atoms with van der Waals surface area (Å²) in [5.74, 6) is -0.831. The number of nitrogens with zero attached hydrogens (tertiary/aromatic N) is 2. The first kappa shape index (κ1) is 24.1. The molecule has 180 valence electrons. The second-order valence-electron chi connectivity index (χ2n) is 8.27. The van der Waals surface area contributed by atoms with Gasteiger partial charge in [-0.25, -0.2) is 4.39 Å². The van der Waals surface area contributed by atoms with Gasteiger partial charge in [-0.2, -0.15) is 0 Å². The molecule has 2 N–H and O–H groups in total. The van der Waals surface area contributed by atoms with E-state index in [4.69, 9.17) is 16.3 Å². The summed E-state index contributed by atoms with van der Waals surface area (Å²) < 4.78 is 21.8. The Hall–Kier alpha value is -3.01. The van der Waals surface area contributed by atoms with Crippen LogP contribution in [0.2, 0.25) is 5.02 Å². The summed E-state index contributed by atoms with van der Waals surface area (Å²) in [6.45, 7) is 5.79. The zero-order valence-corrected chi connectivity index (χ0v) is 19.7. The maximum Gasteiger partial charge on any atom is 0.316 e. The summed E-state index contributed by atoms with van der Waals surface area (Å²) in [5, 5.41) is 3.17. The molecule has 1 aliphatic rings. The fourth-order valence-corrected chi connectivity index (χ4v) is 4.69. The van der Waals surface area contributed by atoms with Crippen LogP contribution in [0.25, 0.3) is 11.0 Å². The van der Waals surface area contributed by atoms with Gasteiger partial charge in [0.15, 0.2) is 0 Å². The molecule has 3 aromatic rings. The third-order valence-electron chi connectivity index (χ3n) is 6.06. The molecular formula is C24H26ClFN4O4. The first-order valence-electron chi connectivity index (χ1n) is 11.1. The number of nitrogens with one attached hydrogen (secondary N) is 2. The molecule has 10 heteroatoms. The van der Waals surface area contributed by atoms with Crippen LogP contribution in [0.5, 0.6) is 0 Å². The summed E-state index contributed by atoms with van der Waals surface area (Å²) in [4.78, 5) is 41.6. The molecule has 4 rings (SSSR count). The van der Waals surface area contributed by atoms with Crippen LogP contribution in [0.1, 0.15) is 35.8 Å². The van der Waals surface area contributed by atoms with E-state index < -0.39 is 28.9 Å². The Bertz CT molecular complexity index is 1320. The molecule has 2 unspecified atom stereocenters. The summed E-state index contributed by atoms with van der Waals surface area (Å²) in [5.41, 5.74) is 0.155. The zero-order chi connectivity index (χ0) is 24.4. The first-order valence-corrected chi connectivity index (χ1v) is 11.5. The molecule has 0 spiro atoms. The fourth-order valence-electron chi connectivity index (χ4n) is 4.40. The van der Waals surface area contributed by atoms with Crippen LogP contribution in [-0.2, 0) is 11.3 Å². The lowest BCUT2D eigenvalue weighted by Crippen LogP contribution is -2.47. The van der Waals surface area contributed by atoms with Crippen molar-refractivity contribution in [1.82, 2.24) is 19.8 Å². The smallest absolute Gasteiger partial charge is 0.316 e. The molecule has 0 bridgehead atoms. The minimum atomic E-state index is -0.748. The number of morpholine rings is 1. The van der Waals surface area contributed by atoms with Gasteiger partial charge >= 0.3 is 11.1 Å². The molecule has 2 heterocycles. The lowest BCUT2D eigenvalue weighted by Gasteiger charge is -2.38. The molecule has 1 saturated heterocycles. The number of aromatic nitrogens is 2. The van der Waals surface area contributed by atoms with E-state index in [1.807, 2.05) is 6.92 Å². The molecule has 1 aromatic heterocycles. The van der Waals surface area contributed by atoms with Crippen LogP contribution < -0.4 is 16.4 Å². The Morgan fingerprint density at radius 3 is 2.82 bits per heavy atom. The molecule has 0 aliphatic carbocycles. The van der Waals surface area contributed by atoms with Crippen molar-refractivity contribution in [3.63, 3.8) is 0 Å². The average Bonchev–Trinajstić information content (AvgIpc) is 2.81. The number of H-pyrrole nitrogens is 1. The van der Waals surface area contributed by atoms with Gasteiger partial charge in [0.05, 0.1) is 29.8 Å². The molecule has 1 amide bonds. The van der Waals surface area contributed by atoms with E-state index in [9.17, 15) is 18.8 Å². The normalized spacial score (nSPS) is 17.6. The maximum atomic E-state index is 14.8. The lowest BCUT2D eigenvalue weighted by molar-refractivity contribution is -0.0346. The number of fused-ring (bicyclic) bond motifs is 1. The quantitative estimate of drug-likeness (QED) is 0.520. The number of hydrogen-bond acceptors (Lipinski definition) is 5. The van der Waals surface area contributed by atoms with Gasteiger partial charge in [0.2, 0.25) is 0 Å². The van der Waals surface area contributed by atoms with E-state index in [-0.39, 0.29) is 12.6 Å². The third-order valence-corrected chi connectivity index (χ3v) is 6.39. The standard InChI is InChI=1S/C24H26ClFN4O4/c1-3-30-19-8-7-15(11-18(19)28-23(32)24(30)33)22(31)27-12-20(29-9-10-34-14(2)13-29)21-16(25)5-4-6-17(21)26/h4-8,11,14,20H,3,9-10,12-13H2,1-2H3,(H,27,31)(H,28,32). The topological polar surface area (TPSA) is 96.4 Å². The van der Waals surface area contributed by atoms with Gasteiger partial charge in [-0.05, 0) is 44.2 Å². The monoisotopic (exact) mass is 488 g/mol. The highest BCUT2D eigenvalue weighted by Crippen LogP contribution is 2.31. The van der Waals surface area contributed by atoms with Crippen LogP contribution in [0.4, 0.5) is 4.39 Å². The van der Waals surface area contributed by atoms with Crippen molar-refractivity contribution in [3.05, 3.63) is 79.1 Å². The van der Waals surface area contributed by atoms with Crippen LogP contribution in [0.15, 0.2) is 46.0 Å². The highest BCUT2D eigenvalue weighted by molar-refractivity contribution is 6.31. The molecule has 1 aliphatic heterocycles. The Balaban J connectivity index is 1.62. The Morgan fingerprint density at radius 2 is 2.12 bits per heavy atom. The van der Waals surface area contributed by atoms with Crippen LogP contribution in [0, 0.1) is 5.82 Å². The number of ether oxygens (including phenoxy) is 1. The number of halogens is 2.